The predicted molar refractivity (Wildman–Crippen MR) is 162 cm³/mol. The van der Waals surface area contributed by atoms with Crippen LogP contribution in [0.5, 0.6) is 23.0 Å². The second-order valence-corrected chi connectivity index (χ2v) is 10.0. The second kappa shape index (κ2) is 15.5. The van der Waals surface area contributed by atoms with E-state index in [1.807, 2.05) is 97.1 Å². The first kappa shape index (κ1) is 30.5. The Morgan fingerprint density at radius 3 is 1.88 bits per heavy atom. The van der Waals surface area contributed by atoms with Crippen LogP contribution in [0, 0.1) is 5.92 Å². The molecule has 0 bridgehead atoms. The fraction of sp³-hybridized carbons (Fsp3) is 0.286. The summed E-state index contributed by atoms with van der Waals surface area (Å²) in [5, 5.41) is 10.3. The van der Waals surface area contributed by atoms with Crippen LogP contribution >= 0.6 is 0 Å². The number of hydrogen-bond donors (Lipinski definition) is 1. The number of benzene rings is 4. The average molecular weight is 571 g/mol. The number of carbonyl (C=O) groups is 1. The molecule has 1 N–H and O–H groups in total. The summed E-state index contributed by atoms with van der Waals surface area (Å²) < 4.78 is 28.6. The van der Waals surface area contributed by atoms with E-state index in [2.05, 4.69) is 0 Å². The number of hydrogen-bond acceptors (Lipinski definition) is 6. The van der Waals surface area contributed by atoms with Crippen LogP contribution < -0.4 is 18.9 Å². The van der Waals surface area contributed by atoms with Crippen LogP contribution in [-0.4, -0.2) is 39.0 Å². The third-order valence-electron chi connectivity index (χ3n) is 7.18. The van der Waals surface area contributed by atoms with E-state index in [4.69, 9.17) is 23.7 Å². The molecule has 7 heteroatoms. The van der Waals surface area contributed by atoms with Gasteiger partial charge in [0, 0.05) is 5.92 Å². The maximum atomic E-state index is 12.5. The van der Waals surface area contributed by atoms with Crippen molar-refractivity contribution in [2.24, 2.45) is 5.92 Å². The van der Waals surface area contributed by atoms with Crippen LogP contribution in [0.3, 0.4) is 0 Å². The normalized spacial score (nSPS) is 12.3. The summed E-state index contributed by atoms with van der Waals surface area (Å²) in [6.07, 6.45) is 0.696. The van der Waals surface area contributed by atoms with Crippen molar-refractivity contribution in [3.8, 4) is 23.0 Å². The third-order valence-corrected chi connectivity index (χ3v) is 7.18. The van der Waals surface area contributed by atoms with E-state index in [-0.39, 0.29) is 5.92 Å². The molecule has 4 aromatic rings. The van der Waals surface area contributed by atoms with Crippen LogP contribution in [-0.2, 0) is 29.2 Å². The molecule has 0 amide bonds. The minimum absolute atomic E-state index is 0.190. The fourth-order valence-electron chi connectivity index (χ4n) is 4.89. The van der Waals surface area contributed by atoms with Gasteiger partial charge in [-0.05, 0) is 59.4 Å². The van der Waals surface area contributed by atoms with E-state index in [9.17, 15) is 9.90 Å². The SMILES string of the molecule is COc1ccc(C(COCc2ccccc2)C[C@@H](Cc2ccc(OCc3ccccc3)c(OC)c2)C(=O)O)cc1OC. The van der Waals surface area contributed by atoms with Crippen molar-refractivity contribution in [3.63, 3.8) is 0 Å². The lowest BCUT2D eigenvalue weighted by Crippen LogP contribution is -2.22. The Bertz CT molecular complexity index is 1410. The van der Waals surface area contributed by atoms with E-state index in [1.165, 1.54) is 0 Å². The van der Waals surface area contributed by atoms with Gasteiger partial charge >= 0.3 is 5.97 Å². The minimum atomic E-state index is -0.869. The zero-order valence-corrected chi connectivity index (χ0v) is 24.3. The van der Waals surface area contributed by atoms with Crippen molar-refractivity contribution in [1.29, 1.82) is 0 Å². The van der Waals surface area contributed by atoms with Crippen LogP contribution in [0.4, 0.5) is 0 Å². The molecule has 2 atom stereocenters. The lowest BCUT2D eigenvalue weighted by Gasteiger charge is -2.23. The highest BCUT2D eigenvalue weighted by atomic mass is 16.5. The molecule has 4 aromatic carbocycles. The molecular formula is C35H38O7. The van der Waals surface area contributed by atoms with E-state index in [0.717, 1.165) is 22.3 Å². The van der Waals surface area contributed by atoms with Crippen LogP contribution in [0.2, 0.25) is 0 Å². The summed E-state index contributed by atoms with van der Waals surface area (Å²) in [6, 6.07) is 31.1. The van der Waals surface area contributed by atoms with Gasteiger partial charge in [-0.25, -0.2) is 0 Å². The average Bonchev–Trinajstić information content (AvgIpc) is 3.03. The molecule has 0 fully saturated rings. The summed E-state index contributed by atoms with van der Waals surface area (Å²) in [4.78, 5) is 12.5. The van der Waals surface area contributed by atoms with Gasteiger partial charge in [0.25, 0.3) is 0 Å². The summed E-state index contributed by atoms with van der Waals surface area (Å²) in [7, 11) is 4.76. The van der Waals surface area contributed by atoms with Crippen molar-refractivity contribution < 1.29 is 33.6 Å². The standard InChI is InChI=1S/C35H38O7/c1-38-31-17-15-28(21-34(31)40-3)30(24-41-22-25-10-6-4-7-11-25)20-29(35(36)37)18-27-14-16-32(33(19-27)39-2)42-23-26-12-8-5-9-13-26/h4-17,19,21,29-30H,18,20,22-24H2,1-3H3,(H,36,37)/t29-,30?/m1/s1. The Balaban J connectivity index is 1.51. The molecule has 0 aliphatic heterocycles. The lowest BCUT2D eigenvalue weighted by atomic mass is 9.85. The van der Waals surface area contributed by atoms with Crippen LogP contribution in [0.1, 0.15) is 34.6 Å². The highest BCUT2D eigenvalue weighted by Gasteiger charge is 2.26. The van der Waals surface area contributed by atoms with Gasteiger partial charge in [-0.3, -0.25) is 4.79 Å². The largest absolute Gasteiger partial charge is 0.493 e. The molecule has 0 aliphatic carbocycles. The second-order valence-electron chi connectivity index (χ2n) is 10.0. The number of aliphatic carboxylic acids is 1. The minimum Gasteiger partial charge on any atom is -0.493 e. The lowest BCUT2D eigenvalue weighted by molar-refractivity contribution is -0.142. The van der Waals surface area contributed by atoms with Crippen molar-refractivity contribution in [3.05, 3.63) is 119 Å². The highest BCUT2D eigenvalue weighted by molar-refractivity contribution is 5.70. The first-order chi connectivity index (χ1) is 20.5. The molecule has 0 aliphatic rings. The highest BCUT2D eigenvalue weighted by Crippen LogP contribution is 2.35. The van der Waals surface area contributed by atoms with Crippen molar-refractivity contribution in [2.45, 2.75) is 32.0 Å². The Kier molecular flexibility index (Phi) is 11.2. The maximum absolute atomic E-state index is 12.5. The summed E-state index contributed by atoms with van der Waals surface area (Å²) >= 11 is 0. The van der Waals surface area contributed by atoms with Crippen molar-refractivity contribution in [1.82, 2.24) is 0 Å². The number of carboxylic acids is 1. The van der Waals surface area contributed by atoms with E-state index in [1.54, 1.807) is 21.3 Å². The molecule has 0 saturated carbocycles. The van der Waals surface area contributed by atoms with Gasteiger partial charge < -0.3 is 28.8 Å². The van der Waals surface area contributed by atoms with Gasteiger partial charge in [0.15, 0.2) is 23.0 Å². The molecule has 0 aromatic heterocycles. The molecule has 0 radical (unpaired) electrons. The molecule has 42 heavy (non-hydrogen) atoms. The van der Waals surface area contributed by atoms with Crippen molar-refractivity contribution in [2.75, 3.05) is 27.9 Å². The molecule has 0 saturated heterocycles. The Labute approximate surface area is 247 Å². The summed E-state index contributed by atoms with van der Waals surface area (Å²) in [6.45, 7) is 1.19. The first-order valence-corrected chi connectivity index (χ1v) is 13.9. The predicted octanol–water partition coefficient (Wildman–Crippen LogP) is 6.93. The maximum Gasteiger partial charge on any atom is 0.306 e. The quantitative estimate of drug-likeness (QED) is 0.156. The Morgan fingerprint density at radius 2 is 1.26 bits per heavy atom. The van der Waals surface area contributed by atoms with E-state index >= 15 is 0 Å². The van der Waals surface area contributed by atoms with Gasteiger partial charge in [0.2, 0.25) is 0 Å². The molecule has 7 nitrogen and oxygen atoms in total. The molecule has 0 spiro atoms. The third kappa shape index (κ3) is 8.51. The monoisotopic (exact) mass is 570 g/mol. The topological polar surface area (TPSA) is 83.5 Å². The summed E-state index contributed by atoms with van der Waals surface area (Å²) in [5.74, 6) is 0.651. The number of methoxy groups -OCH3 is 3. The van der Waals surface area contributed by atoms with Gasteiger partial charge in [0.1, 0.15) is 6.61 Å². The summed E-state index contributed by atoms with van der Waals surface area (Å²) in [5.41, 5.74) is 3.88. The fourth-order valence-corrected chi connectivity index (χ4v) is 4.89. The van der Waals surface area contributed by atoms with Gasteiger partial charge in [-0.1, -0.05) is 72.8 Å². The first-order valence-electron chi connectivity index (χ1n) is 13.9. The molecule has 4 rings (SSSR count). The smallest absolute Gasteiger partial charge is 0.306 e. The van der Waals surface area contributed by atoms with E-state index in [0.29, 0.717) is 55.7 Å². The number of ether oxygens (including phenoxy) is 5. The molecule has 1 unspecified atom stereocenters. The molecule has 0 heterocycles. The van der Waals surface area contributed by atoms with E-state index < -0.39 is 11.9 Å². The van der Waals surface area contributed by atoms with Gasteiger partial charge in [-0.15, -0.1) is 0 Å². The molecular weight excluding hydrogens is 532 g/mol. The Hall–Kier alpha value is -4.49. The van der Waals surface area contributed by atoms with Crippen LogP contribution in [0.25, 0.3) is 0 Å². The Morgan fingerprint density at radius 1 is 0.667 bits per heavy atom. The van der Waals surface area contributed by atoms with Gasteiger partial charge in [-0.2, -0.15) is 0 Å². The zero-order valence-electron chi connectivity index (χ0n) is 24.3. The van der Waals surface area contributed by atoms with Gasteiger partial charge in [0.05, 0.1) is 40.5 Å². The number of carboxylic acid groups (broad SMARTS) is 1. The van der Waals surface area contributed by atoms with Crippen LogP contribution in [0.15, 0.2) is 97.1 Å². The van der Waals surface area contributed by atoms with Crippen molar-refractivity contribution >= 4 is 5.97 Å². The number of rotatable bonds is 16. The molecule has 220 valence electrons. The zero-order chi connectivity index (χ0) is 29.7.